The van der Waals surface area contributed by atoms with E-state index in [4.69, 9.17) is 9.47 Å². The molecule has 0 bridgehead atoms. The third kappa shape index (κ3) is 5.88. The molecule has 0 atom stereocenters. The van der Waals surface area contributed by atoms with Crippen molar-refractivity contribution in [2.45, 2.75) is 46.0 Å². The van der Waals surface area contributed by atoms with E-state index in [0.717, 1.165) is 25.8 Å². The van der Waals surface area contributed by atoms with E-state index in [-0.39, 0.29) is 17.7 Å². The molecular weight excluding hydrogens is 344 g/mol. The standard InChI is InChI=1S/C21H32N2O4/c1-4-6-7-12-22-20(24)16-10-13-23(14-11-16)21(25)17-8-9-18(26-3)19(15-17)27-5-2/h8-9,15-16H,4-7,10-14H2,1-3H3,(H,22,24). The van der Waals surface area contributed by atoms with Crippen molar-refractivity contribution in [2.24, 2.45) is 5.92 Å². The van der Waals surface area contributed by atoms with Crippen LogP contribution in [0.2, 0.25) is 0 Å². The second-order valence-electron chi connectivity index (χ2n) is 6.86. The van der Waals surface area contributed by atoms with Gasteiger partial charge in [-0.2, -0.15) is 0 Å². The highest BCUT2D eigenvalue weighted by Crippen LogP contribution is 2.29. The summed E-state index contributed by atoms with van der Waals surface area (Å²) in [7, 11) is 1.58. The maximum absolute atomic E-state index is 12.8. The van der Waals surface area contributed by atoms with Crippen LogP contribution in [0.15, 0.2) is 18.2 Å². The molecule has 0 aliphatic carbocycles. The lowest BCUT2D eigenvalue weighted by atomic mass is 9.95. The summed E-state index contributed by atoms with van der Waals surface area (Å²) < 4.78 is 10.8. The van der Waals surface area contributed by atoms with Crippen LogP contribution in [-0.2, 0) is 4.79 Å². The highest BCUT2D eigenvalue weighted by Gasteiger charge is 2.28. The number of benzene rings is 1. The summed E-state index contributed by atoms with van der Waals surface area (Å²) in [5, 5.41) is 3.02. The first kappa shape index (κ1) is 21.1. The lowest BCUT2D eigenvalue weighted by Crippen LogP contribution is -2.43. The minimum Gasteiger partial charge on any atom is -0.493 e. The fraction of sp³-hybridized carbons (Fsp3) is 0.619. The van der Waals surface area contributed by atoms with Crippen molar-refractivity contribution in [1.29, 1.82) is 0 Å². The molecule has 1 saturated heterocycles. The lowest BCUT2D eigenvalue weighted by Gasteiger charge is -2.31. The Bertz CT molecular complexity index is 625. The fourth-order valence-corrected chi connectivity index (χ4v) is 3.34. The maximum atomic E-state index is 12.8. The summed E-state index contributed by atoms with van der Waals surface area (Å²) in [5.74, 6) is 1.30. The van der Waals surface area contributed by atoms with Crippen molar-refractivity contribution in [2.75, 3.05) is 33.4 Å². The van der Waals surface area contributed by atoms with Crippen LogP contribution in [0.3, 0.4) is 0 Å². The Morgan fingerprint density at radius 2 is 1.89 bits per heavy atom. The SMILES string of the molecule is CCCCCNC(=O)C1CCN(C(=O)c2ccc(OC)c(OCC)c2)CC1. The number of carbonyl (C=O) groups excluding carboxylic acids is 2. The smallest absolute Gasteiger partial charge is 0.253 e. The average molecular weight is 376 g/mol. The molecular formula is C21H32N2O4. The first-order valence-corrected chi connectivity index (χ1v) is 9.98. The van der Waals surface area contributed by atoms with E-state index in [2.05, 4.69) is 12.2 Å². The van der Waals surface area contributed by atoms with Crippen LogP contribution >= 0.6 is 0 Å². The van der Waals surface area contributed by atoms with Gasteiger partial charge in [-0.3, -0.25) is 9.59 Å². The molecule has 1 fully saturated rings. The normalized spacial score (nSPS) is 14.7. The van der Waals surface area contributed by atoms with Crippen molar-refractivity contribution < 1.29 is 19.1 Å². The van der Waals surface area contributed by atoms with E-state index in [1.807, 2.05) is 11.8 Å². The van der Waals surface area contributed by atoms with Crippen molar-refractivity contribution in [3.63, 3.8) is 0 Å². The van der Waals surface area contributed by atoms with E-state index < -0.39 is 0 Å². The van der Waals surface area contributed by atoms with Crippen LogP contribution in [0.4, 0.5) is 0 Å². The summed E-state index contributed by atoms with van der Waals surface area (Å²) in [6, 6.07) is 5.25. The Balaban J connectivity index is 1.89. The van der Waals surface area contributed by atoms with Crippen LogP contribution in [-0.4, -0.2) is 50.1 Å². The highest BCUT2D eigenvalue weighted by atomic mass is 16.5. The average Bonchev–Trinajstić information content (AvgIpc) is 2.71. The third-order valence-corrected chi connectivity index (χ3v) is 4.94. The van der Waals surface area contributed by atoms with Crippen LogP contribution < -0.4 is 14.8 Å². The van der Waals surface area contributed by atoms with Gasteiger partial charge in [-0.1, -0.05) is 19.8 Å². The molecule has 0 unspecified atom stereocenters. The summed E-state index contributed by atoms with van der Waals surface area (Å²) >= 11 is 0. The molecule has 1 aliphatic rings. The van der Waals surface area contributed by atoms with Gasteiger partial charge in [-0.25, -0.2) is 0 Å². The van der Waals surface area contributed by atoms with E-state index in [9.17, 15) is 9.59 Å². The summed E-state index contributed by atoms with van der Waals surface area (Å²) in [6.07, 6.45) is 4.73. The monoisotopic (exact) mass is 376 g/mol. The molecule has 1 aromatic rings. The molecule has 6 nitrogen and oxygen atoms in total. The second kappa shape index (κ2) is 10.8. The molecule has 0 spiro atoms. The fourth-order valence-electron chi connectivity index (χ4n) is 3.34. The zero-order valence-electron chi connectivity index (χ0n) is 16.8. The van der Waals surface area contributed by atoms with Gasteiger partial charge in [0.2, 0.25) is 5.91 Å². The van der Waals surface area contributed by atoms with Crippen LogP contribution in [0.25, 0.3) is 0 Å². The first-order chi connectivity index (χ1) is 13.1. The number of nitrogens with zero attached hydrogens (tertiary/aromatic N) is 1. The summed E-state index contributed by atoms with van der Waals surface area (Å²) in [4.78, 5) is 26.9. The van der Waals surface area contributed by atoms with Gasteiger partial charge >= 0.3 is 0 Å². The zero-order valence-corrected chi connectivity index (χ0v) is 16.8. The molecule has 0 radical (unpaired) electrons. The molecule has 1 heterocycles. The van der Waals surface area contributed by atoms with E-state index in [1.165, 1.54) is 0 Å². The molecule has 0 saturated carbocycles. The number of hydrogen-bond acceptors (Lipinski definition) is 4. The predicted octanol–water partition coefficient (Wildman–Crippen LogP) is 3.25. The maximum Gasteiger partial charge on any atom is 0.253 e. The first-order valence-electron chi connectivity index (χ1n) is 9.98. The molecule has 27 heavy (non-hydrogen) atoms. The number of hydrogen-bond donors (Lipinski definition) is 1. The Morgan fingerprint density at radius 3 is 2.52 bits per heavy atom. The van der Waals surface area contributed by atoms with Gasteiger partial charge in [0, 0.05) is 31.1 Å². The van der Waals surface area contributed by atoms with Gasteiger partial charge < -0.3 is 19.7 Å². The molecule has 6 heteroatoms. The molecule has 1 aliphatic heterocycles. The largest absolute Gasteiger partial charge is 0.493 e. The van der Waals surface area contributed by atoms with Crippen molar-refractivity contribution in [3.05, 3.63) is 23.8 Å². The Labute approximate surface area is 162 Å². The molecule has 2 rings (SSSR count). The summed E-state index contributed by atoms with van der Waals surface area (Å²) in [5.41, 5.74) is 0.585. The van der Waals surface area contributed by atoms with E-state index >= 15 is 0 Å². The Morgan fingerprint density at radius 1 is 1.15 bits per heavy atom. The predicted molar refractivity (Wildman–Crippen MR) is 105 cm³/mol. The zero-order chi connectivity index (χ0) is 19.6. The van der Waals surface area contributed by atoms with Crippen LogP contribution in [0.5, 0.6) is 11.5 Å². The number of amides is 2. The van der Waals surface area contributed by atoms with Gasteiger partial charge in [0.15, 0.2) is 11.5 Å². The number of ether oxygens (including phenoxy) is 2. The van der Waals surface area contributed by atoms with Gasteiger partial charge in [0.25, 0.3) is 5.91 Å². The molecule has 1 N–H and O–H groups in total. The lowest BCUT2D eigenvalue weighted by molar-refractivity contribution is -0.126. The second-order valence-corrected chi connectivity index (χ2v) is 6.86. The van der Waals surface area contributed by atoms with Gasteiger partial charge in [0.1, 0.15) is 0 Å². The van der Waals surface area contributed by atoms with Gasteiger partial charge in [0.05, 0.1) is 13.7 Å². The van der Waals surface area contributed by atoms with Crippen molar-refractivity contribution in [1.82, 2.24) is 10.2 Å². The topological polar surface area (TPSA) is 67.9 Å². The van der Waals surface area contributed by atoms with Gasteiger partial charge in [-0.05, 0) is 44.4 Å². The minimum atomic E-state index is -0.0274. The number of carbonyl (C=O) groups is 2. The highest BCUT2D eigenvalue weighted by molar-refractivity contribution is 5.95. The minimum absolute atomic E-state index is 0.00512. The van der Waals surface area contributed by atoms with E-state index in [1.54, 1.807) is 25.3 Å². The van der Waals surface area contributed by atoms with Crippen LogP contribution in [0, 0.1) is 5.92 Å². The molecule has 2 amide bonds. The third-order valence-electron chi connectivity index (χ3n) is 4.94. The number of likely N-dealkylation sites (tertiary alicyclic amines) is 1. The van der Waals surface area contributed by atoms with Crippen molar-refractivity contribution in [3.8, 4) is 11.5 Å². The Kier molecular flexibility index (Phi) is 8.43. The molecule has 150 valence electrons. The number of unbranched alkanes of at least 4 members (excludes halogenated alkanes) is 2. The molecule has 1 aromatic carbocycles. The number of methoxy groups -OCH3 is 1. The Hall–Kier alpha value is -2.24. The van der Waals surface area contributed by atoms with E-state index in [0.29, 0.717) is 49.6 Å². The van der Waals surface area contributed by atoms with Gasteiger partial charge in [-0.15, -0.1) is 0 Å². The summed E-state index contributed by atoms with van der Waals surface area (Å²) in [6.45, 7) is 6.50. The van der Waals surface area contributed by atoms with Crippen LogP contribution in [0.1, 0.15) is 56.3 Å². The number of nitrogens with one attached hydrogen (secondary N) is 1. The van der Waals surface area contributed by atoms with Crippen molar-refractivity contribution >= 4 is 11.8 Å². The quantitative estimate of drug-likeness (QED) is 0.672. The molecule has 0 aromatic heterocycles. The number of piperidine rings is 1. The number of rotatable bonds is 9.